The quantitative estimate of drug-likeness (QED) is 0.397. The Balaban J connectivity index is 1.47. The lowest BCUT2D eigenvalue weighted by Crippen LogP contribution is -2.39. The van der Waals surface area contributed by atoms with Crippen molar-refractivity contribution in [2.24, 2.45) is 0 Å². The lowest BCUT2D eigenvalue weighted by atomic mass is 9.85. The Labute approximate surface area is 194 Å². The second kappa shape index (κ2) is 8.27. The first kappa shape index (κ1) is 21.6. The zero-order chi connectivity index (χ0) is 22.6. The van der Waals surface area contributed by atoms with Crippen LogP contribution in [-0.2, 0) is 0 Å². The van der Waals surface area contributed by atoms with Gasteiger partial charge in [0.2, 0.25) is 0 Å². The van der Waals surface area contributed by atoms with Crippen molar-refractivity contribution in [1.29, 1.82) is 0 Å². The Morgan fingerprint density at radius 2 is 1.91 bits per heavy atom. The van der Waals surface area contributed by atoms with Crippen molar-refractivity contribution >= 4 is 27.3 Å². The van der Waals surface area contributed by atoms with Crippen LogP contribution in [0.15, 0.2) is 18.6 Å². The van der Waals surface area contributed by atoms with Crippen LogP contribution in [0.25, 0.3) is 27.3 Å². The number of thiazole rings is 1. The second-order valence-corrected chi connectivity index (χ2v) is 11.0. The smallest absolute Gasteiger partial charge is 0.155 e. The fraction of sp³-hybridized carbons (Fsp3) is 0.560. The molecule has 4 heterocycles. The molecule has 0 amide bonds. The number of H-pyrrole nitrogens is 1. The second-order valence-electron chi connectivity index (χ2n) is 10.00. The summed E-state index contributed by atoms with van der Waals surface area (Å²) >= 11 is 1.86. The molecule has 1 N–H and O–H groups in total. The van der Waals surface area contributed by atoms with E-state index in [4.69, 9.17) is 4.98 Å². The average molecular weight is 451 g/mol. The molecule has 4 aromatic rings. The van der Waals surface area contributed by atoms with Gasteiger partial charge in [-0.25, -0.2) is 14.5 Å². The number of pyridine rings is 1. The van der Waals surface area contributed by atoms with Crippen molar-refractivity contribution in [3.05, 3.63) is 34.7 Å². The lowest BCUT2D eigenvalue weighted by molar-refractivity contribution is 0.148. The number of aryl methyl sites for hydroxylation is 1. The van der Waals surface area contributed by atoms with Gasteiger partial charge in [-0.2, -0.15) is 5.10 Å². The Morgan fingerprint density at radius 3 is 2.59 bits per heavy atom. The predicted octanol–water partition coefficient (Wildman–Crippen LogP) is 6.13. The van der Waals surface area contributed by atoms with Crippen LogP contribution in [0.4, 0.5) is 0 Å². The number of nitrogens with zero attached hydrogens (tertiary/aromatic N) is 5. The zero-order valence-electron chi connectivity index (χ0n) is 20.0. The first-order valence-electron chi connectivity index (χ1n) is 11.9. The first-order valence-corrected chi connectivity index (χ1v) is 12.7. The molecule has 0 spiro atoms. The van der Waals surface area contributed by atoms with Gasteiger partial charge in [-0.05, 0) is 71.0 Å². The summed E-state index contributed by atoms with van der Waals surface area (Å²) in [6.07, 6.45) is 8.72. The largest absolute Gasteiger partial charge is 0.345 e. The van der Waals surface area contributed by atoms with E-state index in [1.165, 1.54) is 57.9 Å². The van der Waals surface area contributed by atoms with E-state index >= 15 is 0 Å². The summed E-state index contributed by atoms with van der Waals surface area (Å²) in [6, 6.07) is 3.43. The average Bonchev–Trinajstić information content (AvgIpc) is 3.46. The molecule has 7 heteroatoms. The third kappa shape index (κ3) is 3.65. The molecular weight excluding hydrogens is 416 g/mol. The summed E-state index contributed by atoms with van der Waals surface area (Å²) < 4.78 is 1.85. The fourth-order valence-corrected chi connectivity index (χ4v) is 6.38. The molecule has 4 aromatic heterocycles. The van der Waals surface area contributed by atoms with E-state index in [0.717, 1.165) is 11.2 Å². The summed E-state index contributed by atoms with van der Waals surface area (Å²) in [5, 5.41) is 5.66. The molecule has 0 aliphatic heterocycles. The summed E-state index contributed by atoms with van der Waals surface area (Å²) in [4.78, 5) is 17.0. The molecule has 0 saturated heterocycles. The zero-order valence-corrected chi connectivity index (χ0v) is 20.8. The van der Waals surface area contributed by atoms with Crippen LogP contribution in [0.3, 0.4) is 0 Å². The highest BCUT2D eigenvalue weighted by Gasteiger charge is 2.29. The molecule has 1 saturated carbocycles. The summed E-state index contributed by atoms with van der Waals surface area (Å²) in [5.41, 5.74) is 6.92. The SMILES string of the molecule is Cc1cc2ncnn2cc1-c1[nH]c2sc(C3CCC(N(C)C(C)C)CC3)nc2c1C(C)C. The molecule has 32 heavy (non-hydrogen) atoms. The number of nitrogens with one attached hydrogen (secondary N) is 1. The highest BCUT2D eigenvalue weighted by atomic mass is 32.1. The Morgan fingerprint density at radius 1 is 1.16 bits per heavy atom. The highest BCUT2D eigenvalue weighted by Crippen LogP contribution is 2.43. The van der Waals surface area contributed by atoms with Gasteiger partial charge in [-0.1, -0.05) is 13.8 Å². The Kier molecular flexibility index (Phi) is 5.58. The van der Waals surface area contributed by atoms with Crippen molar-refractivity contribution in [3.63, 3.8) is 0 Å². The molecule has 0 radical (unpaired) electrons. The Hall–Kier alpha value is -2.25. The highest BCUT2D eigenvalue weighted by molar-refractivity contribution is 7.18. The topological polar surface area (TPSA) is 62.1 Å². The van der Waals surface area contributed by atoms with Gasteiger partial charge in [0.15, 0.2) is 5.65 Å². The van der Waals surface area contributed by atoms with E-state index in [1.54, 1.807) is 6.33 Å². The van der Waals surface area contributed by atoms with Crippen LogP contribution in [0.5, 0.6) is 0 Å². The van der Waals surface area contributed by atoms with Crippen LogP contribution in [0.1, 0.15) is 81.3 Å². The summed E-state index contributed by atoms with van der Waals surface area (Å²) in [5.74, 6) is 0.976. The molecule has 0 aromatic carbocycles. The molecule has 6 nitrogen and oxygen atoms in total. The lowest BCUT2D eigenvalue weighted by Gasteiger charge is -2.36. The standard InChI is InChI=1S/C25H34N6S/c1-14(2)21-22(19-12-31-20(11-16(19)5)26-13-27-31)28-25-23(21)29-24(32-25)17-7-9-18(10-8-17)30(6)15(3)4/h11-15,17-18,28H,7-10H2,1-6H3. The van der Waals surface area contributed by atoms with Gasteiger partial charge in [0, 0.05) is 35.3 Å². The molecule has 0 bridgehead atoms. The molecule has 0 atom stereocenters. The van der Waals surface area contributed by atoms with Crippen molar-refractivity contribution in [1.82, 2.24) is 29.5 Å². The van der Waals surface area contributed by atoms with E-state index < -0.39 is 0 Å². The van der Waals surface area contributed by atoms with Crippen LogP contribution in [-0.4, -0.2) is 48.6 Å². The fourth-order valence-electron chi connectivity index (χ4n) is 5.22. The van der Waals surface area contributed by atoms with Gasteiger partial charge in [0.05, 0.1) is 10.7 Å². The van der Waals surface area contributed by atoms with E-state index in [1.807, 2.05) is 15.9 Å². The van der Waals surface area contributed by atoms with Crippen LogP contribution < -0.4 is 0 Å². The minimum atomic E-state index is 0.384. The number of aromatic nitrogens is 5. The first-order chi connectivity index (χ1) is 15.3. The maximum Gasteiger partial charge on any atom is 0.155 e. The molecule has 1 fully saturated rings. The molecule has 1 aliphatic rings. The molecule has 5 rings (SSSR count). The van der Waals surface area contributed by atoms with Gasteiger partial charge in [-0.3, -0.25) is 0 Å². The normalized spacial score (nSPS) is 19.9. The van der Waals surface area contributed by atoms with Gasteiger partial charge in [-0.15, -0.1) is 11.3 Å². The molecule has 170 valence electrons. The van der Waals surface area contributed by atoms with Gasteiger partial charge >= 0.3 is 0 Å². The van der Waals surface area contributed by atoms with Crippen LogP contribution >= 0.6 is 11.3 Å². The van der Waals surface area contributed by atoms with Crippen molar-refractivity contribution < 1.29 is 0 Å². The molecular formula is C25H34N6S. The number of rotatable bonds is 5. The maximum atomic E-state index is 5.23. The summed E-state index contributed by atoms with van der Waals surface area (Å²) in [7, 11) is 2.28. The number of aromatic amines is 1. The predicted molar refractivity (Wildman–Crippen MR) is 133 cm³/mol. The van der Waals surface area contributed by atoms with Gasteiger partial charge in [0.1, 0.15) is 16.7 Å². The van der Waals surface area contributed by atoms with Crippen molar-refractivity contribution in [3.8, 4) is 11.3 Å². The summed E-state index contributed by atoms with van der Waals surface area (Å²) in [6.45, 7) is 11.3. The van der Waals surface area contributed by atoms with Gasteiger partial charge < -0.3 is 9.88 Å². The monoisotopic (exact) mass is 450 g/mol. The van der Waals surface area contributed by atoms with Crippen LogP contribution in [0, 0.1) is 6.92 Å². The number of fused-ring (bicyclic) bond motifs is 2. The Bertz CT molecular complexity index is 1240. The minimum Gasteiger partial charge on any atom is -0.345 e. The number of hydrogen-bond donors (Lipinski definition) is 1. The third-order valence-electron chi connectivity index (χ3n) is 7.31. The maximum absolute atomic E-state index is 5.23. The minimum absolute atomic E-state index is 0.384. The molecule has 1 aliphatic carbocycles. The molecule has 0 unspecified atom stereocenters. The van der Waals surface area contributed by atoms with E-state index in [0.29, 0.717) is 23.9 Å². The van der Waals surface area contributed by atoms with E-state index in [2.05, 4.69) is 73.9 Å². The van der Waals surface area contributed by atoms with Gasteiger partial charge in [0.25, 0.3) is 0 Å². The number of hydrogen-bond acceptors (Lipinski definition) is 5. The van der Waals surface area contributed by atoms with Crippen molar-refractivity contribution in [2.75, 3.05) is 7.05 Å². The third-order valence-corrected chi connectivity index (χ3v) is 8.45. The van der Waals surface area contributed by atoms with Crippen LogP contribution in [0.2, 0.25) is 0 Å². The van der Waals surface area contributed by atoms with E-state index in [9.17, 15) is 0 Å². The van der Waals surface area contributed by atoms with Crippen molar-refractivity contribution in [2.45, 2.75) is 84.2 Å². The van der Waals surface area contributed by atoms with E-state index in [-0.39, 0.29) is 0 Å².